The van der Waals surface area contributed by atoms with Gasteiger partial charge in [-0.25, -0.2) is 0 Å². The first-order valence-electron chi connectivity index (χ1n) is 12.7. The lowest BCUT2D eigenvalue weighted by atomic mass is 9.99. The predicted molar refractivity (Wildman–Crippen MR) is 138 cm³/mol. The third-order valence-electron chi connectivity index (χ3n) is 6.76. The van der Waals surface area contributed by atoms with Crippen LogP contribution in [-0.2, 0) is 24.4 Å². The van der Waals surface area contributed by atoms with Gasteiger partial charge >= 0.3 is 0 Å². The molecular weight excluding hydrogens is 454 g/mol. The van der Waals surface area contributed by atoms with Crippen molar-refractivity contribution in [2.24, 2.45) is 5.92 Å². The van der Waals surface area contributed by atoms with Crippen molar-refractivity contribution in [3.05, 3.63) is 66.2 Å². The number of piperidine rings is 1. The van der Waals surface area contributed by atoms with Crippen molar-refractivity contribution in [3.63, 3.8) is 0 Å². The van der Waals surface area contributed by atoms with Crippen LogP contribution in [0.4, 0.5) is 0 Å². The number of hydrogen-bond donors (Lipinski definition) is 1. The van der Waals surface area contributed by atoms with E-state index in [4.69, 9.17) is 9.15 Å². The first kappa shape index (κ1) is 24.1. The van der Waals surface area contributed by atoms with Gasteiger partial charge in [-0.1, -0.05) is 37.3 Å². The van der Waals surface area contributed by atoms with E-state index >= 15 is 0 Å². The van der Waals surface area contributed by atoms with E-state index < -0.39 is 0 Å². The number of benzene rings is 2. The second-order valence-corrected chi connectivity index (χ2v) is 9.50. The first-order valence-corrected chi connectivity index (χ1v) is 12.7. The molecular formula is C28H33N5O3. The molecule has 36 heavy (non-hydrogen) atoms. The maximum absolute atomic E-state index is 12.8. The van der Waals surface area contributed by atoms with Crippen LogP contribution < -0.4 is 10.1 Å². The standard InChI is InChI=1S/C28H33N5O3/c1-3-35-22-10-8-21(9-11-22)16-29-26(34)18-33-17-24(23-6-4-5-7-25(23)33)28-31-30-27(36-28)19-32-14-12-20(2)13-15-32/h4-11,17,20H,3,12-16,18-19H2,1-2H3,(H,29,34). The summed E-state index contributed by atoms with van der Waals surface area (Å²) in [6.45, 7) is 8.34. The molecule has 0 bridgehead atoms. The molecule has 0 spiro atoms. The van der Waals surface area contributed by atoms with Crippen molar-refractivity contribution in [1.82, 2.24) is 25.0 Å². The van der Waals surface area contributed by atoms with Crippen molar-refractivity contribution in [3.8, 4) is 17.2 Å². The van der Waals surface area contributed by atoms with Gasteiger partial charge in [0.2, 0.25) is 17.7 Å². The molecule has 2 aromatic carbocycles. The summed E-state index contributed by atoms with van der Waals surface area (Å²) in [6.07, 6.45) is 4.34. The van der Waals surface area contributed by atoms with Gasteiger partial charge in [0.1, 0.15) is 12.3 Å². The van der Waals surface area contributed by atoms with E-state index in [-0.39, 0.29) is 12.5 Å². The maximum atomic E-state index is 12.8. The number of para-hydroxylation sites is 1. The Morgan fingerprint density at radius 3 is 2.67 bits per heavy atom. The lowest BCUT2D eigenvalue weighted by Gasteiger charge is -2.28. The Labute approximate surface area is 211 Å². The molecule has 0 unspecified atom stereocenters. The quantitative estimate of drug-likeness (QED) is 0.370. The molecule has 1 N–H and O–H groups in total. The maximum Gasteiger partial charge on any atom is 0.249 e. The van der Waals surface area contributed by atoms with Gasteiger partial charge in [0, 0.05) is 23.6 Å². The van der Waals surface area contributed by atoms with Crippen molar-refractivity contribution in [1.29, 1.82) is 0 Å². The van der Waals surface area contributed by atoms with E-state index in [1.54, 1.807) is 0 Å². The highest BCUT2D eigenvalue weighted by atomic mass is 16.5. The number of ether oxygens (including phenoxy) is 1. The molecule has 1 fully saturated rings. The monoisotopic (exact) mass is 487 g/mol. The summed E-state index contributed by atoms with van der Waals surface area (Å²) in [6, 6.07) is 15.7. The van der Waals surface area contributed by atoms with Gasteiger partial charge in [0.05, 0.1) is 18.7 Å². The fraction of sp³-hybridized carbons (Fsp3) is 0.393. The molecule has 1 saturated heterocycles. The normalized spacial score (nSPS) is 14.8. The molecule has 4 aromatic rings. The van der Waals surface area contributed by atoms with Crippen LogP contribution in [0.5, 0.6) is 5.75 Å². The predicted octanol–water partition coefficient (Wildman–Crippen LogP) is 4.64. The highest BCUT2D eigenvalue weighted by Crippen LogP contribution is 2.30. The van der Waals surface area contributed by atoms with Gasteiger partial charge < -0.3 is 19.0 Å². The van der Waals surface area contributed by atoms with Crippen LogP contribution in [0.25, 0.3) is 22.4 Å². The first-order chi connectivity index (χ1) is 17.6. The summed E-state index contributed by atoms with van der Waals surface area (Å²) in [5, 5.41) is 12.6. The SMILES string of the molecule is CCOc1ccc(CNC(=O)Cn2cc(-c3nnc(CN4CCC(C)CC4)o3)c3ccccc32)cc1. The molecule has 2 aromatic heterocycles. The Morgan fingerprint density at radius 1 is 1.11 bits per heavy atom. The van der Waals surface area contributed by atoms with Crippen LogP contribution in [-0.4, -0.2) is 45.3 Å². The van der Waals surface area contributed by atoms with Crippen molar-refractivity contribution in [2.45, 2.75) is 46.3 Å². The van der Waals surface area contributed by atoms with Gasteiger partial charge in [0.15, 0.2) is 0 Å². The molecule has 8 heteroatoms. The Hall–Kier alpha value is -3.65. The third kappa shape index (κ3) is 5.60. The molecule has 5 rings (SSSR count). The number of carbonyl (C=O) groups is 1. The van der Waals surface area contributed by atoms with E-state index in [1.165, 1.54) is 12.8 Å². The minimum atomic E-state index is -0.0678. The fourth-order valence-electron chi connectivity index (χ4n) is 4.67. The van der Waals surface area contributed by atoms with Gasteiger partial charge in [-0.3, -0.25) is 9.69 Å². The highest BCUT2D eigenvalue weighted by Gasteiger charge is 2.20. The van der Waals surface area contributed by atoms with E-state index in [2.05, 4.69) is 27.3 Å². The van der Waals surface area contributed by atoms with Crippen LogP contribution >= 0.6 is 0 Å². The lowest BCUT2D eigenvalue weighted by molar-refractivity contribution is -0.121. The summed E-state index contributed by atoms with van der Waals surface area (Å²) in [5.74, 6) is 2.66. The molecule has 0 radical (unpaired) electrons. The molecule has 188 valence electrons. The molecule has 1 aliphatic heterocycles. The fourth-order valence-corrected chi connectivity index (χ4v) is 4.67. The molecule has 3 heterocycles. The molecule has 0 aliphatic carbocycles. The zero-order chi connectivity index (χ0) is 24.9. The number of nitrogens with zero attached hydrogens (tertiary/aromatic N) is 4. The largest absolute Gasteiger partial charge is 0.494 e. The lowest BCUT2D eigenvalue weighted by Crippen LogP contribution is -2.32. The molecule has 0 atom stereocenters. The topological polar surface area (TPSA) is 85.4 Å². The summed E-state index contributed by atoms with van der Waals surface area (Å²) in [4.78, 5) is 15.1. The Balaban J connectivity index is 1.26. The Morgan fingerprint density at radius 2 is 1.89 bits per heavy atom. The number of fused-ring (bicyclic) bond motifs is 1. The van der Waals surface area contributed by atoms with Gasteiger partial charge in [-0.05, 0) is 62.5 Å². The number of nitrogens with one attached hydrogen (secondary N) is 1. The van der Waals surface area contributed by atoms with Crippen LogP contribution in [0.1, 0.15) is 38.1 Å². The number of hydrogen-bond acceptors (Lipinski definition) is 6. The van der Waals surface area contributed by atoms with Crippen molar-refractivity contribution < 1.29 is 13.9 Å². The molecule has 8 nitrogen and oxygen atoms in total. The van der Waals surface area contributed by atoms with E-state index in [1.807, 2.05) is 66.2 Å². The number of likely N-dealkylation sites (tertiary alicyclic amines) is 1. The summed E-state index contributed by atoms with van der Waals surface area (Å²) >= 11 is 0. The van der Waals surface area contributed by atoms with Gasteiger partial charge in [-0.15, -0.1) is 10.2 Å². The number of aromatic nitrogens is 3. The average Bonchev–Trinajstić information content (AvgIpc) is 3.50. The smallest absolute Gasteiger partial charge is 0.249 e. The minimum absolute atomic E-state index is 0.0678. The molecule has 0 saturated carbocycles. The second-order valence-electron chi connectivity index (χ2n) is 9.50. The summed E-state index contributed by atoms with van der Waals surface area (Å²) in [7, 11) is 0. The minimum Gasteiger partial charge on any atom is -0.494 e. The number of carbonyl (C=O) groups excluding carboxylic acids is 1. The van der Waals surface area contributed by atoms with Crippen molar-refractivity contribution in [2.75, 3.05) is 19.7 Å². The summed E-state index contributed by atoms with van der Waals surface area (Å²) in [5.41, 5.74) is 2.82. The molecule has 1 aliphatic rings. The van der Waals surface area contributed by atoms with E-state index in [0.29, 0.717) is 31.5 Å². The van der Waals surface area contributed by atoms with E-state index in [0.717, 1.165) is 46.8 Å². The van der Waals surface area contributed by atoms with Crippen LogP contribution in [0.2, 0.25) is 0 Å². The summed E-state index contributed by atoms with van der Waals surface area (Å²) < 4.78 is 13.5. The Bertz CT molecular complexity index is 1300. The Kier molecular flexibility index (Phi) is 7.32. The average molecular weight is 488 g/mol. The zero-order valence-corrected chi connectivity index (χ0v) is 20.9. The third-order valence-corrected chi connectivity index (χ3v) is 6.76. The number of amides is 1. The van der Waals surface area contributed by atoms with Crippen molar-refractivity contribution >= 4 is 16.8 Å². The van der Waals surface area contributed by atoms with E-state index in [9.17, 15) is 4.79 Å². The van der Waals surface area contributed by atoms with Gasteiger partial charge in [-0.2, -0.15) is 0 Å². The molecule has 1 amide bonds. The zero-order valence-electron chi connectivity index (χ0n) is 20.9. The van der Waals surface area contributed by atoms with Crippen LogP contribution in [0, 0.1) is 5.92 Å². The van der Waals surface area contributed by atoms with Gasteiger partial charge in [0.25, 0.3) is 0 Å². The second kappa shape index (κ2) is 11.0. The van der Waals surface area contributed by atoms with Crippen LogP contribution in [0.15, 0.2) is 59.1 Å². The highest BCUT2D eigenvalue weighted by molar-refractivity contribution is 5.94. The number of rotatable bonds is 9. The van der Waals surface area contributed by atoms with Crippen LogP contribution in [0.3, 0.4) is 0 Å².